The first kappa shape index (κ1) is 17.2. The van der Waals surface area contributed by atoms with Gasteiger partial charge in [0.1, 0.15) is 0 Å². The minimum atomic E-state index is 0.129. The van der Waals surface area contributed by atoms with Crippen molar-refractivity contribution in [1.82, 2.24) is 4.90 Å². The SMILES string of the molecule is CC1(C)C[C@]2(C)C[C@H]1CN(C(=O)N1c3ccccc3Sc3ccccc31)C2. The zero-order valence-corrected chi connectivity index (χ0v) is 17.1. The molecule has 3 aliphatic rings. The molecule has 2 aromatic carbocycles. The summed E-state index contributed by atoms with van der Waals surface area (Å²) in [5.74, 6) is 0.588. The predicted octanol–water partition coefficient (Wildman–Crippen LogP) is 6.17. The first-order chi connectivity index (χ1) is 12.9. The van der Waals surface area contributed by atoms with Crippen LogP contribution < -0.4 is 4.90 Å². The molecular formula is C23H26N2OS. The second kappa shape index (κ2) is 5.78. The van der Waals surface area contributed by atoms with Crippen LogP contribution in [-0.4, -0.2) is 24.0 Å². The number of likely N-dealkylation sites (tertiary alicyclic amines) is 1. The molecule has 0 N–H and O–H groups in total. The van der Waals surface area contributed by atoms with E-state index in [1.54, 1.807) is 11.8 Å². The van der Waals surface area contributed by atoms with Crippen LogP contribution in [0.1, 0.15) is 33.6 Å². The van der Waals surface area contributed by atoms with E-state index in [1.165, 1.54) is 12.8 Å². The van der Waals surface area contributed by atoms with Gasteiger partial charge < -0.3 is 4.90 Å². The molecule has 140 valence electrons. The smallest absolute Gasteiger partial charge is 0.323 e. The molecule has 2 atom stereocenters. The normalized spacial score (nSPS) is 27.9. The quantitative estimate of drug-likeness (QED) is 0.547. The monoisotopic (exact) mass is 378 g/mol. The number of carbonyl (C=O) groups is 1. The molecule has 0 unspecified atom stereocenters. The fourth-order valence-corrected chi connectivity index (χ4v) is 6.67. The van der Waals surface area contributed by atoms with E-state index in [-0.39, 0.29) is 11.4 Å². The van der Waals surface area contributed by atoms with Crippen LogP contribution in [0.15, 0.2) is 58.3 Å². The Morgan fingerprint density at radius 3 is 2.19 bits per heavy atom. The zero-order chi connectivity index (χ0) is 18.8. The first-order valence-electron chi connectivity index (χ1n) is 9.81. The van der Waals surface area contributed by atoms with Gasteiger partial charge >= 0.3 is 6.03 Å². The molecule has 2 amide bonds. The highest BCUT2D eigenvalue weighted by atomic mass is 32.2. The minimum absolute atomic E-state index is 0.129. The van der Waals surface area contributed by atoms with Crippen molar-refractivity contribution < 1.29 is 4.79 Å². The van der Waals surface area contributed by atoms with E-state index >= 15 is 0 Å². The Balaban J connectivity index is 1.55. The van der Waals surface area contributed by atoms with Gasteiger partial charge in [0.25, 0.3) is 0 Å². The summed E-state index contributed by atoms with van der Waals surface area (Å²) in [7, 11) is 0. The van der Waals surface area contributed by atoms with E-state index in [0.29, 0.717) is 11.3 Å². The third-order valence-corrected chi connectivity index (χ3v) is 7.76. The molecule has 2 bridgehead atoms. The van der Waals surface area contributed by atoms with Crippen molar-refractivity contribution in [3.63, 3.8) is 0 Å². The van der Waals surface area contributed by atoms with Gasteiger partial charge in [0, 0.05) is 22.9 Å². The van der Waals surface area contributed by atoms with Crippen molar-refractivity contribution in [2.75, 3.05) is 18.0 Å². The van der Waals surface area contributed by atoms with Gasteiger partial charge in [0.05, 0.1) is 11.4 Å². The Morgan fingerprint density at radius 2 is 1.59 bits per heavy atom. The molecule has 2 fully saturated rings. The minimum Gasteiger partial charge on any atom is -0.323 e. The molecule has 0 radical (unpaired) electrons. The summed E-state index contributed by atoms with van der Waals surface area (Å²) in [5.41, 5.74) is 2.57. The lowest BCUT2D eigenvalue weighted by Crippen LogP contribution is -2.50. The molecule has 2 aromatic rings. The maximum atomic E-state index is 13.8. The van der Waals surface area contributed by atoms with Gasteiger partial charge in [-0.1, -0.05) is 56.8 Å². The maximum absolute atomic E-state index is 13.8. The number of anilines is 2. The highest BCUT2D eigenvalue weighted by molar-refractivity contribution is 7.99. The summed E-state index contributed by atoms with van der Waals surface area (Å²) in [6.45, 7) is 8.84. The second-order valence-corrected chi connectivity index (χ2v) is 10.5. The molecule has 0 aromatic heterocycles. The molecule has 1 saturated heterocycles. The van der Waals surface area contributed by atoms with E-state index in [9.17, 15) is 4.79 Å². The van der Waals surface area contributed by atoms with E-state index in [1.807, 2.05) is 29.2 Å². The van der Waals surface area contributed by atoms with Gasteiger partial charge in [0.15, 0.2) is 0 Å². The van der Waals surface area contributed by atoms with E-state index in [2.05, 4.69) is 49.9 Å². The number of hydrogen-bond acceptors (Lipinski definition) is 2. The molecular weight excluding hydrogens is 352 g/mol. The van der Waals surface area contributed by atoms with Gasteiger partial charge in [-0.2, -0.15) is 0 Å². The number of benzene rings is 2. The molecule has 27 heavy (non-hydrogen) atoms. The third-order valence-electron chi connectivity index (χ3n) is 6.63. The molecule has 2 aliphatic heterocycles. The Kier molecular flexibility index (Phi) is 3.68. The Bertz CT molecular complexity index is 879. The van der Waals surface area contributed by atoms with E-state index < -0.39 is 0 Å². The number of carbonyl (C=O) groups excluding carboxylic acids is 1. The number of hydrogen-bond donors (Lipinski definition) is 0. The van der Waals surface area contributed by atoms with Crippen LogP contribution >= 0.6 is 11.8 Å². The van der Waals surface area contributed by atoms with Gasteiger partial charge in [-0.15, -0.1) is 0 Å². The number of urea groups is 1. The Labute approximate surface area is 165 Å². The van der Waals surface area contributed by atoms with Gasteiger partial charge in [0.2, 0.25) is 0 Å². The lowest BCUT2D eigenvalue weighted by atomic mass is 9.82. The topological polar surface area (TPSA) is 23.6 Å². The van der Waals surface area contributed by atoms with E-state index in [4.69, 9.17) is 0 Å². The fraction of sp³-hybridized carbons (Fsp3) is 0.435. The molecule has 1 saturated carbocycles. The van der Waals surface area contributed by atoms with Crippen molar-refractivity contribution in [3.05, 3.63) is 48.5 Å². The average Bonchev–Trinajstić information content (AvgIpc) is 2.81. The van der Waals surface area contributed by atoms with Gasteiger partial charge in [-0.3, -0.25) is 4.90 Å². The highest BCUT2D eigenvalue weighted by Gasteiger charge is 2.53. The number of nitrogens with zero attached hydrogens (tertiary/aromatic N) is 2. The molecule has 0 spiro atoms. The lowest BCUT2D eigenvalue weighted by molar-refractivity contribution is 0.122. The summed E-state index contributed by atoms with van der Waals surface area (Å²) in [5, 5.41) is 0. The summed E-state index contributed by atoms with van der Waals surface area (Å²) >= 11 is 1.75. The number of rotatable bonds is 0. The number of para-hydroxylation sites is 2. The summed E-state index contributed by atoms with van der Waals surface area (Å²) in [6.07, 6.45) is 2.45. The Hall–Kier alpha value is -1.94. The van der Waals surface area contributed by atoms with Gasteiger partial charge in [-0.05, 0) is 53.9 Å². The molecule has 2 heterocycles. The summed E-state index contributed by atoms with van der Waals surface area (Å²) in [4.78, 5) is 20.2. The number of amides is 2. The fourth-order valence-electron chi connectivity index (χ4n) is 5.61. The third kappa shape index (κ3) is 2.68. The predicted molar refractivity (Wildman–Crippen MR) is 111 cm³/mol. The molecule has 1 aliphatic carbocycles. The number of piperidine rings is 1. The number of fused-ring (bicyclic) bond motifs is 4. The van der Waals surface area contributed by atoms with Gasteiger partial charge in [-0.25, -0.2) is 4.79 Å². The highest BCUT2D eigenvalue weighted by Crippen LogP contribution is 2.56. The Morgan fingerprint density at radius 1 is 1.00 bits per heavy atom. The lowest BCUT2D eigenvalue weighted by Gasteiger charge is -2.42. The zero-order valence-electron chi connectivity index (χ0n) is 16.2. The van der Waals surface area contributed by atoms with Crippen LogP contribution in [0.2, 0.25) is 0 Å². The van der Waals surface area contributed by atoms with Crippen LogP contribution in [0.4, 0.5) is 16.2 Å². The first-order valence-corrected chi connectivity index (χ1v) is 10.6. The van der Waals surface area contributed by atoms with Crippen molar-refractivity contribution in [1.29, 1.82) is 0 Å². The largest absolute Gasteiger partial charge is 0.329 e. The van der Waals surface area contributed by atoms with Crippen molar-refractivity contribution in [2.24, 2.45) is 16.7 Å². The maximum Gasteiger partial charge on any atom is 0.329 e. The van der Waals surface area contributed by atoms with Crippen molar-refractivity contribution in [2.45, 2.75) is 43.4 Å². The van der Waals surface area contributed by atoms with Crippen LogP contribution in [-0.2, 0) is 0 Å². The van der Waals surface area contributed by atoms with Crippen LogP contribution in [0.3, 0.4) is 0 Å². The van der Waals surface area contributed by atoms with E-state index in [0.717, 1.165) is 34.3 Å². The van der Waals surface area contributed by atoms with Crippen LogP contribution in [0.25, 0.3) is 0 Å². The molecule has 5 rings (SSSR count). The summed E-state index contributed by atoms with van der Waals surface area (Å²) < 4.78 is 0. The second-order valence-electron chi connectivity index (χ2n) is 9.41. The van der Waals surface area contributed by atoms with Crippen LogP contribution in [0, 0.1) is 16.7 Å². The molecule has 3 nitrogen and oxygen atoms in total. The standard InChI is InChI=1S/C23H26N2OS/c1-22(2)14-23(3)12-16(22)13-24(15-23)21(26)25-17-8-4-6-10-19(17)27-20-11-7-5-9-18(20)25/h4-11,16H,12-15H2,1-3H3/t16-,23-/m0/s1. The average molecular weight is 379 g/mol. The van der Waals surface area contributed by atoms with Crippen LogP contribution in [0.5, 0.6) is 0 Å². The van der Waals surface area contributed by atoms with Crippen molar-refractivity contribution in [3.8, 4) is 0 Å². The van der Waals surface area contributed by atoms with Crippen molar-refractivity contribution >= 4 is 29.2 Å². The summed E-state index contributed by atoms with van der Waals surface area (Å²) in [6, 6.07) is 16.6. The molecule has 4 heteroatoms.